The van der Waals surface area contributed by atoms with Crippen LogP contribution in [-0.2, 0) is 5.75 Å². The summed E-state index contributed by atoms with van der Waals surface area (Å²) in [5.41, 5.74) is 2.24. The fraction of sp³-hybridized carbons (Fsp3) is 0.0556. The molecule has 25 heavy (non-hydrogen) atoms. The molecular weight excluding hydrogens is 356 g/mol. The molecule has 5 nitrogen and oxygen atoms in total. The molecule has 0 spiro atoms. The minimum atomic E-state index is -0.136. The second-order valence-corrected chi connectivity index (χ2v) is 6.80. The van der Waals surface area contributed by atoms with E-state index in [0.29, 0.717) is 27.0 Å². The van der Waals surface area contributed by atoms with Gasteiger partial charge in [0, 0.05) is 10.8 Å². The van der Waals surface area contributed by atoms with Gasteiger partial charge in [0.25, 0.3) is 5.56 Å². The van der Waals surface area contributed by atoms with Gasteiger partial charge in [-0.3, -0.25) is 14.5 Å². The van der Waals surface area contributed by atoms with Crippen molar-refractivity contribution in [3.63, 3.8) is 0 Å². The van der Waals surface area contributed by atoms with Crippen LogP contribution in [0.4, 0.5) is 0 Å². The summed E-state index contributed by atoms with van der Waals surface area (Å²) in [5.74, 6) is 0.677. The normalized spacial score (nSPS) is 11.1. The third-order valence-electron chi connectivity index (χ3n) is 3.75. The van der Waals surface area contributed by atoms with Crippen LogP contribution in [0, 0.1) is 0 Å². The first-order chi connectivity index (χ1) is 12.2. The van der Waals surface area contributed by atoms with Crippen LogP contribution in [-0.4, -0.2) is 19.7 Å². The maximum atomic E-state index is 12.9. The van der Waals surface area contributed by atoms with Gasteiger partial charge in [-0.15, -0.1) is 0 Å². The summed E-state index contributed by atoms with van der Waals surface area (Å²) >= 11 is 7.43. The SMILES string of the molecule is O=c1c2cn[nH]c2nc(SCc2ccc(Cl)cc2)n1-c1ccccc1. The highest BCUT2D eigenvalue weighted by Gasteiger charge is 2.14. The van der Waals surface area contributed by atoms with E-state index in [4.69, 9.17) is 11.6 Å². The van der Waals surface area contributed by atoms with Crippen molar-refractivity contribution in [1.29, 1.82) is 0 Å². The van der Waals surface area contributed by atoms with Crippen LogP contribution < -0.4 is 5.56 Å². The molecule has 0 radical (unpaired) electrons. The number of thioether (sulfide) groups is 1. The number of rotatable bonds is 4. The zero-order valence-corrected chi connectivity index (χ0v) is 14.6. The third-order valence-corrected chi connectivity index (χ3v) is 5.01. The van der Waals surface area contributed by atoms with Crippen molar-refractivity contribution in [1.82, 2.24) is 19.7 Å². The van der Waals surface area contributed by atoms with E-state index in [2.05, 4.69) is 15.2 Å². The van der Waals surface area contributed by atoms with Crippen molar-refractivity contribution >= 4 is 34.4 Å². The highest BCUT2D eigenvalue weighted by atomic mass is 35.5. The summed E-state index contributed by atoms with van der Waals surface area (Å²) in [7, 11) is 0. The minimum absolute atomic E-state index is 0.136. The van der Waals surface area contributed by atoms with Crippen LogP contribution in [0.15, 0.2) is 70.7 Å². The Morgan fingerprint density at radius 1 is 1.08 bits per heavy atom. The molecule has 0 bridgehead atoms. The molecule has 0 saturated carbocycles. The van der Waals surface area contributed by atoms with Crippen molar-refractivity contribution in [3.05, 3.63) is 81.7 Å². The first kappa shape index (κ1) is 15.9. The first-order valence-electron chi connectivity index (χ1n) is 7.61. The lowest BCUT2D eigenvalue weighted by Crippen LogP contribution is -2.21. The fourth-order valence-electron chi connectivity index (χ4n) is 2.50. The van der Waals surface area contributed by atoms with Gasteiger partial charge in [-0.05, 0) is 29.8 Å². The molecule has 124 valence electrons. The van der Waals surface area contributed by atoms with Gasteiger partial charge in [0.15, 0.2) is 10.8 Å². The van der Waals surface area contributed by atoms with E-state index < -0.39 is 0 Å². The predicted molar refractivity (Wildman–Crippen MR) is 100 cm³/mol. The fourth-order valence-corrected chi connectivity index (χ4v) is 3.59. The number of nitrogens with one attached hydrogen (secondary N) is 1. The average molecular weight is 369 g/mol. The number of fused-ring (bicyclic) bond motifs is 1. The predicted octanol–water partition coefficient (Wildman–Crippen LogP) is 4.05. The number of aromatic amines is 1. The largest absolute Gasteiger partial charge is 0.269 e. The lowest BCUT2D eigenvalue weighted by atomic mass is 10.2. The second-order valence-electron chi connectivity index (χ2n) is 5.42. The van der Waals surface area contributed by atoms with Gasteiger partial charge in [-0.1, -0.05) is 53.7 Å². The van der Waals surface area contributed by atoms with E-state index in [9.17, 15) is 4.79 Å². The lowest BCUT2D eigenvalue weighted by Gasteiger charge is -2.11. The number of para-hydroxylation sites is 1. The monoisotopic (exact) mass is 368 g/mol. The van der Waals surface area contributed by atoms with E-state index in [-0.39, 0.29) is 5.56 Å². The molecule has 0 amide bonds. The summed E-state index contributed by atoms with van der Waals surface area (Å²) < 4.78 is 1.62. The van der Waals surface area contributed by atoms with Gasteiger partial charge in [-0.25, -0.2) is 4.98 Å². The lowest BCUT2D eigenvalue weighted by molar-refractivity contribution is 0.816. The number of hydrogen-bond donors (Lipinski definition) is 1. The zero-order valence-electron chi connectivity index (χ0n) is 13.0. The number of H-pyrrole nitrogens is 1. The van der Waals surface area contributed by atoms with Crippen molar-refractivity contribution in [2.75, 3.05) is 0 Å². The Bertz CT molecular complexity index is 1070. The maximum Gasteiger partial charge on any atom is 0.269 e. The Labute approximate surface area is 152 Å². The Morgan fingerprint density at radius 3 is 2.60 bits per heavy atom. The summed E-state index contributed by atoms with van der Waals surface area (Å²) in [6.07, 6.45) is 1.51. The molecule has 0 fully saturated rings. The summed E-state index contributed by atoms with van der Waals surface area (Å²) in [6.45, 7) is 0. The molecule has 0 aliphatic heterocycles. The van der Waals surface area contributed by atoms with E-state index in [1.54, 1.807) is 4.57 Å². The van der Waals surface area contributed by atoms with Gasteiger partial charge in [-0.2, -0.15) is 5.10 Å². The van der Waals surface area contributed by atoms with Crippen molar-refractivity contribution < 1.29 is 0 Å². The minimum Gasteiger partial charge on any atom is -0.268 e. The molecule has 0 saturated heterocycles. The Hall–Kier alpha value is -2.57. The van der Waals surface area contributed by atoms with Crippen molar-refractivity contribution in [2.24, 2.45) is 0 Å². The number of halogens is 1. The standard InChI is InChI=1S/C18H13ClN4OS/c19-13-8-6-12(7-9-13)11-25-18-21-16-15(10-20-22-16)17(24)23(18)14-4-2-1-3-5-14/h1-10H,11H2,(H,20,22). The van der Waals surface area contributed by atoms with Gasteiger partial charge in [0.1, 0.15) is 5.39 Å². The van der Waals surface area contributed by atoms with Crippen LogP contribution in [0.2, 0.25) is 5.02 Å². The summed E-state index contributed by atoms with van der Waals surface area (Å²) in [4.78, 5) is 17.5. The molecule has 2 aromatic heterocycles. The molecule has 1 N–H and O–H groups in total. The Kier molecular flexibility index (Phi) is 4.29. The van der Waals surface area contributed by atoms with Crippen LogP contribution in [0.3, 0.4) is 0 Å². The molecule has 4 aromatic rings. The van der Waals surface area contributed by atoms with E-state index in [0.717, 1.165) is 11.3 Å². The number of hydrogen-bond acceptors (Lipinski definition) is 4. The zero-order chi connectivity index (χ0) is 17.2. The van der Waals surface area contributed by atoms with E-state index in [1.165, 1.54) is 18.0 Å². The molecule has 2 aromatic carbocycles. The molecule has 2 heterocycles. The van der Waals surface area contributed by atoms with Crippen LogP contribution in [0.5, 0.6) is 0 Å². The smallest absolute Gasteiger partial charge is 0.268 e. The summed E-state index contributed by atoms with van der Waals surface area (Å²) in [6, 6.07) is 17.1. The van der Waals surface area contributed by atoms with Gasteiger partial charge < -0.3 is 0 Å². The van der Waals surface area contributed by atoms with Crippen LogP contribution >= 0.6 is 23.4 Å². The number of nitrogens with zero attached hydrogens (tertiary/aromatic N) is 3. The Balaban J connectivity index is 1.78. The topological polar surface area (TPSA) is 63.6 Å². The van der Waals surface area contributed by atoms with Crippen molar-refractivity contribution in [2.45, 2.75) is 10.9 Å². The third kappa shape index (κ3) is 3.18. The molecule has 7 heteroatoms. The van der Waals surface area contributed by atoms with E-state index >= 15 is 0 Å². The average Bonchev–Trinajstić information content (AvgIpc) is 3.11. The number of aromatic nitrogens is 4. The first-order valence-corrected chi connectivity index (χ1v) is 8.97. The molecule has 0 aliphatic carbocycles. The molecule has 0 unspecified atom stereocenters. The quantitative estimate of drug-likeness (QED) is 0.436. The van der Waals surface area contributed by atoms with E-state index in [1.807, 2.05) is 54.6 Å². The van der Waals surface area contributed by atoms with Gasteiger partial charge in [0.2, 0.25) is 0 Å². The van der Waals surface area contributed by atoms with Crippen LogP contribution in [0.25, 0.3) is 16.7 Å². The molecule has 4 rings (SSSR count). The van der Waals surface area contributed by atoms with Crippen molar-refractivity contribution in [3.8, 4) is 5.69 Å². The van der Waals surface area contributed by atoms with Gasteiger partial charge in [0.05, 0.1) is 11.9 Å². The Morgan fingerprint density at radius 2 is 1.84 bits per heavy atom. The maximum absolute atomic E-state index is 12.9. The van der Waals surface area contributed by atoms with Crippen LogP contribution in [0.1, 0.15) is 5.56 Å². The van der Waals surface area contributed by atoms with Gasteiger partial charge >= 0.3 is 0 Å². The summed E-state index contributed by atoms with van der Waals surface area (Å²) in [5, 5.41) is 8.51. The molecule has 0 aliphatic rings. The highest BCUT2D eigenvalue weighted by Crippen LogP contribution is 2.24. The second kappa shape index (κ2) is 6.74. The molecular formula is C18H13ClN4OS. The number of benzene rings is 2. The molecule has 0 atom stereocenters. The highest BCUT2D eigenvalue weighted by molar-refractivity contribution is 7.98.